The number of hydrogen-bond acceptors (Lipinski definition) is 7. The number of amides is 1. The molecule has 2 heterocycles. The van der Waals surface area contributed by atoms with Crippen molar-refractivity contribution in [3.8, 4) is 22.8 Å². The van der Waals surface area contributed by atoms with Gasteiger partial charge in [0.25, 0.3) is 5.91 Å². The molecule has 7 nitrogen and oxygen atoms in total. The van der Waals surface area contributed by atoms with Crippen molar-refractivity contribution in [2.24, 2.45) is 0 Å². The van der Waals surface area contributed by atoms with E-state index in [1.807, 2.05) is 0 Å². The molecule has 11 heteroatoms. The number of alkyl halides is 3. The Morgan fingerprint density at radius 1 is 1.06 bits per heavy atom. The molecule has 0 aliphatic carbocycles. The van der Waals surface area contributed by atoms with Gasteiger partial charge in [-0.3, -0.25) is 4.79 Å². The van der Waals surface area contributed by atoms with E-state index in [0.717, 1.165) is 11.3 Å². The third-order valence-corrected chi connectivity index (χ3v) is 5.65. The van der Waals surface area contributed by atoms with Crippen LogP contribution >= 0.6 is 11.3 Å². The highest BCUT2D eigenvalue weighted by atomic mass is 32.1. The summed E-state index contributed by atoms with van der Waals surface area (Å²) in [6, 6.07) is 14.2. The Balaban J connectivity index is 1.96. The molecular weight excluding hydrogens is 469 g/mol. The normalized spacial score (nSPS) is 11.6. The number of ether oxygens (including phenoxy) is 2. The lowest BCUT2D eigenvalue weighted by molar-refractivity contribution is -0.274. The topological polar surface area (TPSA) is 99.4 Å². The van der Waals surface area contributed by atoms with Crippen LogP contribution in [-0.2, 0) is 0 Å². The number of benzene rings is 2. The smallest absolute Gasteiger partial charge is 0.474 e. The molecule has 4 rings (SSSR count). The number of hydrogen-bond donors (Lipinski definition) is 2. The second-order valence-electron chi connectivity index (χ2n) is 7.40. The maximum Gasteiger partial charge on any atom is 0.573 e. The lowest BCUT2D eigenvalue weighted by atomic mass is 10.0. The van der Waals surface area contributed by atoms with Crippen LogP contribution in [0.25, 0.3) is 21.3 Å². The molecule has 3 N–H and O–H groups in total. The van der Waals surface area contributed by atoms with E-state index in [1.54, 1.807) is 44.2 Å². The van der Waals surface area contributed by atoms with Crippen molar-refractivity contribution in [2.45, 2.75) is 26.3 Å². The third-order valence-electron chi connectivity index (χ3n) is 4.49. The second-order valence-corrected chi connectivity index (χ2v) is 8.42. The van der Waals surface area contributed by atoms with Crippen LogP contribution in [0.2, 0.25) is 0 Å². The fourth-order valence-corrected chi connectivity index (χ4v) is 4.36. The van der Waals surface area contributed by atoms with Crippen molar-refractivity contribution < 1.29 is 27.4 Å². The van der Waals surface area contributed by atoms with Gasteiger partial charge in [-0.05, 0) is 32.0 Å². The van der Waals surface area contributed by atoms with E-state index in [1.165, 1.54) is 24.3 Å². The Hall–Kier alpha value is -3.86. The summed E-state index contributed by atoms with van der Waals surface area (Å²) in [6.45, 7) is 3.57. The summed E-state index contributed by atoms with van der Waals surface area (Å²) in [4.78, 5) is 21.8. The lowest BCUT2D eigenvalue weighted by Crippen LogP contribution is -2.18. The number of anilines is 2. The van der Waals surface area contributed by atoms with Gasteiger partial charge in [0.2, 0.25) is 11.8 Å². The number of halogens is 3. The van der Waals surface area contributed by atoms with E-state index in [4.69, 9.17) is 10.5 Å². The van der Waals surface area contributed by atoms with Gasteiger partial charge in [0.05, 0.1) is 11.6 Å². The first-order valence-electron chi connectivity index (χ1n) is 10.1. The number of nitrogens with zero attached hydrogens (tertiary/aromatic N) is 2. The Labute approximate surface area is 196 Å². The van der Waals surface area contributed by atoms with Gasteiger partial charge < -0.3 is 20.5 Å². The van der Waals surface area contributed by atoms with Gasteiger partial charge >= 0.3 is 6.36 Å². The highest BCUT2D eigenvalue weighted by molar-refractivity contribution is 7.22. The number of nitrogen functional groups attached to an aromatic ring is 1. The zero-order chi connectivity index (χ0) is 24.5. The maximum atomic E-state index is 13.3. The predicted octanol–water partition coefficient (Wildman–Crippen LogP) is 5.88. The molecule has 0 unspecified atom stereocenters. The van der Waals surface area contributed by atoms with Gasteiger partial charge in [-0.25, -0.2) is 4.98 Å². The van der Waals surface area contributed by atoms with Gasteiger partial charge in [-0.2, -0.15) is 4.98 Å². The first-order valence-corrected chi connectivity index (χ1v) is 10.9. The summed E-state index contributed by atoms with van der Waals surface area (Å²) in [5.74, 6) is -1.03. The van der Waals surface area contributed by atoms with Crippen LogP contribution in [0.15, 0.2) is 54.6 Å². The molecule has 2 aromatic heterocycles. The van der Waals surface area contributed by atoms with Crippen LogP contribution in [0.1, 0.15) is 23.5 Å². The molecule has 0 fully saturated rings. The maximum absolute atomic E-state index is 13.3. The summed E-state index contributed by atoms with van der Waals surface area (Å²) >= 11 is 0.996. The van der Waals surface area contributed by atoms with Crippen molar-refractivity contribution in [2.75, 3.05) is 11.1 Å². The van der Waals surface area contributed by atoms with Crippen molar-refractivity contribution in [1.82, 2.24) is 9.97 Å². The highest BCUT2D eigenvalue weighted by Gasteiger charge is 2.34. The standard InChI is InChI=1S/C23H19F3N4O3S/c1-12(2)32-21-19-17(29-22(27)30-21)16(14-10-6-7-11-15(14)33-23(24,25)26)18(34-19)20(31)28-13-8-4-3-5-9-13/h3-12H,1-2H3,(H,28,31)(H2,27,29,30). The van der Waals surface area contributed by atoms with Crippen LogP contribution in [0.4, 0.5) is 24.8 Å². The molecule has 176 valence electrons. The molecule has 0 saturated heterocycles. The van der Waals surface area contributed by atoms with E-state index in [9.17, 15) is 18.0 Å². The summed E-state index contributed by atoms with van der Waals surface area (Å²) in [7, 11) is 0. The zero-order valence-corrected chi connectivity index (χ0v) is 18.8. The van der Waals surface area contributed by atoms with Gasteiger partial charge in [0, 0.05) is 16.8 Å². The number of para-hydroxylation sites is 2. The largest absolute Gasteiger partial charge is 0.573 e. The van der Waals surface area contributed by atoms with E-state index in [-0.39, 0.29) is 39.5 Å². The van der Waals surface area contributed by atoms with Crippen LogP contribution in [0.3, 0.4) is 0 Å². The van der Waals surface area contributed by atoms with Crippen molar-refractivity contribution >= 4 is 39.1 Å². The average molecular weight is 488 g/mol. The van der Waals surface area contributed by atoms with Crippen LogP contribution in [0, 0.1) is 0 Å². The summed E-state index contributed by atoms with van der Waals surface area (Å²) in [6.07, 6.45) is -5.21. The lowest BCUT2D eigenvalue weighted by Gasteiger charge is -2.14. The minimum absolute atomic E-state index is 0.0258. The fraction of sp³-hybridized carbons (Fsp3) is 0.174. The predicted molar refractivity (Wildman–Crippen MR) is 124 cm³/mol. The monoisotopic (exact) mass is 488 g/mol. The summed E-state index contributed by atoms with van der Waals surface area (Å²) in [5, 5.41) is 2.76. The summed E-state index contributed by atoms with van der Waals surface area (Å²) < 4.78 is 49.8. The molecule has 4 aromatic rings. The number of nitrogens with one attached hydrogen (secondary N) is 1. The van der Waals surface area contributed by atoms with Crippen LogP contribution in [0.5, 0.6) is 11.6 Å². The Morgan fingerprint density at radius 3 is 2.41 bits per heavy atom. The number of nitrogens with two attached hydrogens (primary N) is 1. The average Bonchev–Trinajstić information content (AvgIpc) is 3.13. The van der Waals surface area contributed by atoms with Crippen LogP contribution < -0.4 is 20.5 Å². The van der Waals surface area contributed by atoms with Crippen molar-refractivity contribution in [3.05, 3.63) is 59.5 Å². The van der Waals surface area contributed by atoms with Gasteiger partial charge in [-0.15, -0.1) is 24.5 Å². The Bertz CT molecular complexity index is 1340. The fourth-order valence-electron chi connectivity index (χ4n) is 3.28. The molecule has 0 bridgehead atoms. The highest BCUT2D eigenvalue weighted by Crippen LogP contribution is 2.45. The van der Waals surface area contributed by atoms with Crippen molar-refractivity contribution in [1.29, 1.82) is 0 Å². The number of fused-ring (bicyclic) bond motifs is 1. The first kappa shape index (κ1) is 23.3. The van der Waals surface area contributed by atoms with Crippen molar-refractivity contribution in [3.63, 3.8) is 0 Å². The third kappa shape index (κ3) is 5.04. The molecule has 0 radical (unpaired) electrons. The molecule has 0 aliphatic rings. The SMILES string of the molecule is CC(C)Oc1nc(N)nc2c(-c3ccccc3OC(F)(F)F)c(C(=O)Nc3ccccc3)sc12. The number of aromatic nitrogens is 2. The molecule has 0 saturated carbocycles. The Kier molecular flexibility index (Phi) is 6.29. The van der Waals surface area contributed by atoms with Gasteiger partial charge in [-0.1, -0.05) is 36.4 Å². The number of carbonyl (C=O) groups excluding carboxylic acids is 1. The molecule has 0 atom stereocenters. The minimum Gasteiger partial charge on any atom is -0.474 e. The molecule has 2 aromatic carbocycles. The Morgan fingerprint density at radius 2 is 1.74 bits per heavy atom. The zero-order valence-electron chi connectivity index (χ0n) is 18.0. The number of carbonyl (C=O) groups is 1. The van der Waals surface area contributed by atoms with E-state index < -0.39 is 18.0 Å². The molecule has 34 heavy (non-hydrogen) atoms. The molecule has 1 amide bonds. The van der Waals surface area contributed by atoms with E-state index in [0.29, 0.717) is 10.4 Å². The second kappa shape index (κ2) is 9.18. The summed E-state index contributed by atoms with van der Waals surface area (Å²) in [5.41, 5.74) is 6.75. The molecule has 0 aliphatic heterocycles. The van der Waals surface area contributed by atoms with E-state index >= 15 is 0 Å². The quantitative estimate of drug-likeness (QED) is 0.352. The van der Waals surface area contributed by atoms with Gasteiger partial charge in [0.1, 0.15) is 15.3 Å². The van der Waals surface area contributed by atoms with E-state index in [2.05, 4.69) is 20.0 Å². The minimum atomic E-state index is -4.94. The molecular formula is C23H19F3N4O3S. The number of thiophene rings is 1. The van der Waals surface area contributed by atoms with Gasteiger partial charge in [0.15, 0.2) is 0 Å². The molecule has 0 spiro atoms. The van der Waals surface area contributed by atoms with Crippen LogP contribution in [-0.4, -0.2) is 28.3 Å². The number of rotatable bonds is 6. The first-order chi connectivity index (χ1) is 16.1.